The van der Waals surface area contributed by atoms with E-state index in [0.29, 0.717) is 22.4 Å². The van der Waals surface area contributed by atoms with Crippen LogP contribution in [0.25, 0.3) is 11.0 Å². The number of piperidine rings is 1. The second-order valence-corrected chi connectivity index (χ2v) is 12.2. The molecule has 2 unspecified atom stereocenters. The molecule has 0 saturated carbocycles. The van der Waals surface area contributed by atoms with E-state index in [0.717, 1.165) is 93.1 Å². The standard InChI is InChI=1S/C33H35ClFN5O3/c34-24-6-4-23(27(35)17-24)20-43-32-3-1-2-28(38-32)21-9-13-39(14-10-21)19-31-37-29-16-22(26-8-12-36-33(26)41)5-7-30(29)40(31)18-25-11-15-42-25/h1-7,16-17,21,25-26H,8-15,18-20H2,(H,36,41). The molecule has 2 aromatic heterocycles. The molecule has 224 valence electrons. The molecule has 1 amide bonds. The lowest BCUT2D eigenvalue weighted by atomic mass is 9.93. The smallest absolute Gasteiger partial charge is 0.227 e. The molecule has 8 nitrogen and oxygen atoms in total. The third-order valence-corrected chi connectivity index (χ3v) is 9.22. The van der Waals surface area contributed by atoms with Crippen molar-refractivity contribution in [1.82, 2.24) is 24.8 Å². The molecular formula is C33H35ClFN5O3. The van der Waals surface area contributed by atoms with Crippen molar-refractivity contribution in [2.45, 2.75) is 63.3 Å². The molecule has 3 fully saturated rings. The number of imidazole rings is 1. The Labute approximate surface area is 255 Å². The van der Waals surface area contributed by atoms with E-state index in [9.17, 15) is 9.18 Å². The Bertz CT molecular complexity index is 1630. The van der Waals surface area contributed by atoms with Gasteiger partial charge in [-0.1, -0.05) is 29.8 Å². The molecule has 2 aromatic carbocycles. The number of aromatic nitrogens is 3. The lowest BCUT2D eigenvalue weighted by Gasteiger charge is -2.32. The SMILES string of the molecule is O=C1NCCC1c1ccc2c(c1)nc(CN1CCC(c3cccc(OCc4ccc(Cl)cc4F)n3)CC1)n2CC1CCO1. The van der Waals surface area contributed by atoms with Crippen LogP contribution in [0.5, 0.6) is 5.88 Å². The van der Waals surface area contributed by atoms with Gasteiger partial charge in [0.05, 0.1) is 36.1 Å². The average Bonchev–Trinajstić information content (AvgIpc) is 3.57. The van der Waals surface area contributed by atoms with Gasteiger partial charge in [-0.15, -0.1) is 0 Å². The van der Waals surface area contributed by atoms with Gasteiger partial charge in [-0.25, -0.2) is 14.4 Å². The number of benzene rings is 2. The Morgan fingerprint density at radius 1 is 1.05 bits per heavy atom. The van der Waals surface area contributed by atoms with Crippen LogP contribution in [0.1, 0.15) is 60.2 Å². The van der Waals surface area contributed by atoms with E-state index >= 15 is 0 Å². The van der Waals surface area contributed by atoms with Crippen LogP contribution in [-0.4, -0.2) is 57.7 Å². The number of pyridine rings is 1. The third kappa shape index (κ3) is 6.12. The van der Waals surface area contributed by atoms with Crippen molar-refractivity contribution in [3.63, 3.8) is 0 Å². The molecule has 7 rings (SSSR count). The summed E-state index contributed by atoms with van der Waals surface area (Å²) in [7, 11) is 0. The normalized spacial score (nSPS) is 21.2. The Morgan fingerprint density at radius 3 is 2.65 bits per heavy atom. The fourth-order valence-corrected chi connectivity index (χ4v) is 6.56. The lowest BCUT2D eigenvalue weighted by Crippen LogP contribution is -2.35. The molecule has 0 spiro atoms. The maximum Gasteiger partial charge on any atom is 0.227 e. The van der Waals surface area contributed by atoms with E-state index in [-0.39, 0.29) is 30.4 Å². The maximum atomic E-state index is 14.2. The van der Waals surface area contributed by atoms with Gasteiger partial charge in [0.1, 0.15) is 18.2 Å². The van der Waals surface area contributed by atoms with Crippen LogP contribution in [0, 0.1) is 5.82 Å². The molecule has 0 aliphatic carbocycles. The zero-order valence-electron chi connectivity index (χ0n) is 24.0. The molecule has 3 aliphatic rings. The van der Waals surface area contributed by atoms with Gasteiger partial charge in [0.25, 0.3) is 0 Å². The first-order valence-electron chi connectivity index (χ1n) is 15.1. The minimum Gasteiger partial charge on any atom is -0.473 e. The summed E-state index contributed by atoms with van der Waals surface area (Å²) >= 11 is 5.86. The fraction of sp³-hybridized carbons (Fsp3) is 0.424. The molecule has 0 bridgehead atoms. The van der Waals surface area contributed by atoms with Gasteiger partial charge in [-0.3, -0.25) is 9.69 Å². The minimum absolute atomic E-state index is 0.0943. The van der Waals surface area contributed by atoms with Crippen LogP contribution >= 0.6 is 11.6 Å². The maximum absolute atomic E-state index is 14.2. The first kappa shape index (κ1) is 28.3. The van der Waals surface area contributed by atoms with Gasteiger partial charge in [0, 0.05) is 41.4 Å². The average molecular weight is 604 g/mol. The number of rotatable bonds is 9. The van der Waals surface area contributed by atoms with Gasteiger partial charge < -0.3 is 19.4 Å². The van der Waals surface area contributed by atoms with Crippen LogP contribution in [0.3, 0.4) is 0 Å². The van der Waals surface area contributed by atoms with E-state index in [1.807, 2.05) is 12.1 Å². The van der Waals surface area contributed by atoms with Crippen molar-refractivity contribution in [1.29, 1.82) is 0 Å². The first-order valence-corrected chi connectivity index (χ1v) is 15.5. The minimum atomic E-state index is -0.383. The highest BCUT2D eigenvalue weighted by Gasteiger charge is 2.28. The van der Waals surface area contributed by atoms with Crippen molar-refractivity contribution in [3.05, 3.63) is 88.1 Å². The third-order valence-electron chi connectivity index (χ3n) is 8.99. The number of carbonyl (C=O) groups is 1. The van der Waals surface area contributed by atoms with Crippen LogP contribution in [-0.2, 0) is 29.2 Å². The van der Waals surface area contributed by atoms with Crippen LogP contribution < -0.4 is 10.1 Å². The predicted octanol–water partition coefficient (Wildman–Crippen LogP) is 5.57. The van der Waals surface area contributed by atoms with E-state index in [2.05, 4.69) is 39.0 Å². The summed E-state index contributed by atoms with van der Waals surface area (Å²) in [5, 5.41) is 3.31. The van der Waals surface area contributed by atoms with Crippen molar-refractivity contribution in [2.24, 2.45) is 0 Å². The van der Waals surface area contributed by atoms with Crippen LogP contribution in [0.2, 0.25) is 5.02 Å². The second kappa shape index (κ2) is 12.2. The Balaban J connectivity index is 1.02. The molecule has 0 radical (unpaired) electrons. The number of fused-ring (bicyclic) bond motifs is 1. The molecule has 2 atom stereocenters. The zero-order chi connectivity index (χ0) is 29.3. The highest BCUT2D eigenvalue weighted by atomic mass is 35.5. The van der Waals surface area contributed by atoms with Gasteiger partial charge in [0.15, 0.2) is 0 Å². The van der Waals surface area contributed by atoms with Gasteiger partial charge in [-0.05, 0) is 74.7 Å². The summed E-state index contributed by atoms with van der Waals surface area (Å²) in [6, 6.07) is 16.7. The van der Waals surface area contributed by atoms with Crippen molar-refractivity contribution in [2.75, 3.05) is 26.2 Å². The van der Waals surface area contributed by atoms with Gasteiger partial charge in [-0.2, -0.15) is 0 Å². The highest BCUT2D eigenvalue weighted by Crippen LogP contribution is 2.31. The van der Waals surface area contributed by atoms with Crippen molar-refractivity contribution < 1.29 is 18.7 Å². The summed E-state index contributed by atoms with van der Waals surface area (Å²) in [6.45, 7) is 5.07. The molecule has 3 aliphatic heterocycles. The number of ether oxygens (including phenoxy) is 2. The predicted molar refractivity (Wildman–Crippen MR) is 162 cm³/mol. The number of amides is 1. The lowest BCUT2D eigenvalue weighted by molar-refractivity contribution is -0.120. The molecule has 43 heavy (non-hydrogen) atoms. The van der Waals surface area contributed by atoms with E-state index < -0.39 is 0 Å². The quantitative estimate of drug-likeness (QED) is 0.269. The largest absolute Gasteiger partial charge is 0.473 e. The summed E-state index contributed by atoms with van der Waals surface area (Å²) in [6.07, 6.45) is 4.08. The highest BCUT2D eigenvalue weighted by molar-refractivity contribution is 6.30. The number of halogens is 2. The summed E-state index contributed by atoms with van der Waals surface area (Å²) in [5.41, 5.74) is 4.53. The van der Waals surface area contributed by atoms with Crippen molar-refractivity contribution in [3.8, 4) is 5.88 Å². The Kier molecular flexibility index (Phi) is 8.03. The topological polar surface area (TPSA) is 81.5 Å². The number of carbonyl (C=O) groups excluding carboxylic acids is 1. The van der Waals surface area contributed by atoms with E-state index in [4.69, 9.17) is 31.0 Å². The summed E-state index contributed by atoms with van der Waals surface area (Å²) < 4.78 is 28.1. The molecule has 3 saturated heterocycles. The fourth-order valence-electron chi connectivity index (χ4n) is 6.40. The molecule has 10 heteroatoms. The zero-order valence-corrected chi connectivity index (χ0v) is 24.7. The van der Waals surface area contributed by atoms with Crippen LogP contribution in [0.4, 0.5) is 4.39 Å². The summed E-state index contributed by atoms with van der Waals surface area (Å²) in [5.74, 6) is 1.49. The summed E-state index contributed by atoms with van der Waals surface area (Å²) in [4.78, 5) is 24.6. The number of likely N-dealkylation sites (tertiary alicyclic amines) is 1. The van der Waals surface area contributed by atoms with Crippen LogP contribution in [0.15, 0.2) is 54.6 Å². The van der Waals surface area contributed by atoms with E-state index in [1.54, 1.807) is 12.1 Å². The Hall–Kier alpha value is -3.53. The number of nitrogens with zero attached hydrogens (tertiary/aromatic N) is 4. The number of nitrogens with one attached hydrogen (secondary N) is 1. The first-order chi connectivity index (χ1) is 21.0. The van der Waals surface area contributed by atoms with Gasteiger partial charge >= 0.3 is 0 Å². The van der Waals surface area contributed by atoms with Crippen molar-refractivity contribution >= 4 is 28.5 Å². The Morgan fingerprint density at radius 2 is 1.91 bits per heavy atom. The van der Waals surface area contributed by atoms with Gasteiger partial charge in [0.2, 0.25) is 11.8 Å². The molecule has 5 heterocycles. The van der Waals surface area contributed by atoms with E-state index in [1.165, 1.54) is 6.07 Å². The molecular weight excluding hydrogens is 569 g/mol. The number of hydrogen-bond acceptors (Lipinski definition) is 6. The molecule has 4 aromatic rings. The monoisotopic (exact) mass is 603 g/mol. The second-order valence-electron chi connectivity index (χ2n) is 11.8. The number of hydrogen-bond donors (Lipinski definition) is 1. The molecule has 1 N–H and O–H groups in total.